The average Bonchev–Trinajstić information content (AvgIpc) is 2.25. The maximum atomic E-state index is 12.5. The highest BCUT2D eigenvalue weighted by molar-refractivity contribution is 5.68. The summed E-state index contributed by atoms with van der Waals surface area (Å²) >= 11 is 0. The lowest BCUT2D eigenvalue weighted by Gasteiger charge is -2.39. The number of hydrogen-bond acceptors (Lipinski definition) is 3. The molecule has 0 aromatic rings. The van der Waals surface area contributed by atoms with Crippen molar-refractivity contribution in [2.24, 2.45) is 0 Å². The smallest absolute Gasteiger partial charge is 0.412 e. The van der Waals surface area contributed by atoms with Crippen LogP contribution in [0.1, 0.15) is 40.0 Å². The van der Waals surface area contributed by atoms with Crippen molar-refractivity contribution in [3.63, 3.8) is 0 Å². The molecule has 21 heavy (non-hydrogen) atoms. The number of likely N-dealkylation sites (tertiary alicyclic amines) is 1. The molecule has 1 amide bonds. The van der Waals surface area contributed by atoms with E-state index in [4.69, 9.17) is 4.74 Å². The van der Waals surface area contributed by atoms with Gasteiger partial charge >= 0.3 is 12.3 Å². The van der Waals surface area contributed by atoms with Crippen molar-refractivity contribution in [1.82, 2.24) is 4.90 Å². The first-order valence-electron chi connectivity index (χ1n) is 6.78. The first-order chi connectivity index (χ1) is 9.32. The Morgan fingerprint density at radius 3 is 2.14 bits per heavy atom. The van der Waals surface area contributed by atoms with Crippen LogP contribution < -0.4 is 0 Å². The summed E-state index contributed by atoms with van der Waals surface area (Å²) in [5, 5.41) is 10.2. The fourth-order valence-electron chi connectivity index (χ4n) is 2.11. The first-order valence-corrected chi connectivity index (χ1v) is 6.78. The van der Waals surface area contributed by atoms with Gasteiger partial charge in [0.05, 0.1) is 5.60 Å². The number of carbonyl (C=O) groups excluding carboxylic acids is 1. The quantitative estimate of drug-likeness (QED) is 0.797. The Labute approximate surface area is 122 Å². The molecular weight excluding hydrogens is 287 g/mol. The molecule has 1 aliphatic heterocycles. The third-order valence-electron chi connectivity index (χ3n) is 3.29. The van der Waals surface area contributed by atoms with E-state index in [1.807, 2.05) is 0 Å². The molecule has 0 bridgehead atoms. The van der Waals surface area contributed by atoms with Crippen molar-refractivity contribution in [2.75, 3.05) is 13.1 Å². The fraction of sp³-hybridized carbons (Fsp3) is 0.786. The molecule has 0 atom stereocenters. The molecule has 0 radical (unpaired) electrons. The molecule has 7 heteroatoms. The van der Waals surface area contributed by atoms with Crippen LogP contribution in [0.3, 0.4) is 0 Å². The zero-order valence-electron chi connectivity index (χ0n) is 12.6. The lowest BCUT2D eigenvalue weighted by Crippen LogP contribution is -2.48. The lowest BCUT2D eigenvalue weighted by atomic mass is 9.85. The van der Waals surface area contributed by atoms with Gasteiger partial charge in [0.25, 0.3) is 0 Å². The lowest BCUT2D eigenvalue weighted by molar-refractivity contribution is -0.106. The van der Waals surface area contributed by atoms with Crippen LogP contribution in [0.15, 0.2) is 12.2 Å². The number of ether oxygens (including phenoxy) is 1. The number of halogens is 3. The van der Waals surface area contributed by atoms with Crippen molar-refractivity contribution < 1.29 is 27.8 Å². The second-order valence-electron chi connectivity index (χ2n) is 6.47. The minimum Gasteiger partial charge on any atom is -0.444 e. The summed E-state index contributed by atoms with van der Waals surface area (Å²) in [5.41, 5.74) is -3.05. The average molecular weight is 309 g/mol. The largest absolute Gasteiger partial charge is 0.444 e. The van der Waals surface area contributed by atoms with E-state index in [-0.39, 0.29) is 25.9 Å². The van der Waals surface area contributed by atoms with Gasteiger partial charge in [0.2, 0.25) is 0 Å². The minimum absolute atomic E-state index is 0.0708. The van der Waals surface area contributed by atoms with E-state index in [0.717, 1.165) is 0 Å². The van der Waals surface area contributed by atoms with Gasteiger partial charge < -0.3 is 14.7 Å². The van der Waals surface area contributed by atoms with Crippen molar-refractivity contribution in [1.29, 1.82) is 0 Å². The summed E-state index contributed by atoms with van der Waals surface area (Å²) in [6.45, 7) is 8.51. The Kier molecular flexibility index (Phi) is 4.98. The maximum Gasteiger partial charge on any atom is 0.412 e. The molecule has 0 aliphatic carbocycles. The molecule has 0 aromatic heterocycles. The summed E-state index contributed by atoms with van der Waals surface area (Å²) in [6, 6.07) is 0. The molecule has 1 saturated heterocycles. The molecule has 0 unspecified atom stereocenters. The SMILES string of the molecule is C=C(CC1(O)CCN(C(=O)OC(C)(C)C)CC1)C(F)(F)F. The summed E-state index contributed by atoms with van der Waals surface area (Å²) in [7, 11) is 0. The monoisotopic (exact) mass is 309 g/mol. The summed E-state index contributed by atoms with van der Waals surface area (Å²) in [5.74, 6) is 0. The molecule has 1 fully saturated rings. The molecular formula is C14H22F3NO3. The fourth-order valence-corrected chi connectivity index (χ4v) is 2.11. The van der Waals surface area contributed by atoms with Crippen LogP contribution in [0.25, 0.3) is 0 Å². The summed E-state index contributed by atoms with van der Waals surface area (Å²) in [4.78, 5) is 13.2. The Morgan fingerprint density at radius 1 is 1.29 bits per heavy atom. The molecule has 1 heterocycles. The number of carbonyl (C=O) groups is 1. The van der Waals surface area contributed by atoms with Crippen molar-refractivity contribution in [3.8, 4) is 0 Å². The predicted octanol–water partition coefficient (Wildman–Crippen LogP) is 3.26. The van der Waals surface area contributed by atoms with E-state index < -0.39 is 35.5 Å². The van der Waals surface area contributed by atoms with Gasteiger partial charge in [-0.05, 0) is 33.6 Å². The van der Waals surface area contributed by atoms with Crippen LogP contribution in [0.4, 0.5) is 18.0 Å². The van der Waals surface area contributed by atoms with Gasteiger partial charge in [0.15, 0.2) is 0 Å². The molecule has 0 spiro atoms. The standard InChI is InChI=1S/C14H22F3NO3/c1-10(14(15,16)17)9-13(20)5-7-18(8-6-13)11(19)21-12(2,3)4/h20H,1,5-9H2,2-4H3. The van der Waals surface area contributed by atoms with Gasteiger partial charge in [-0.25, -0.2) is 4.79 Å². The van der Waals surface area contributed by atoms with Crippen molar-refractivity contribution in [2.45, 2.75) is 57.4 Å². The summed E-state index contributed by atoms with van der Waals surface area (Å²) < 4.78 is 42.6. The van der Waals surface area contributed by atoms with E-state index >= 15 is 0 Å². The van der Waals surface area contributed by atoms with Gasteiger partial charge in [-0.1, -0.05) is 6.58 Å². The predicted molar refractivity (Wildman–Crippen MR) is 71.8 cm³/mol. The summed E-state index contributed by atoms with van der Waals surface area (Å²) in [6.07, 6.45) is -5.40. The first kappa shape index (κ1) is 17.8. The normalized spacial score (nSPS) is 19.3. The second-order valence-corrected chi connectivity index (χ2v) is 6.47. The highest BCUT2D eigenvalue weighted by Gasteiger charge is 2.41. The maximum absolute atomic E-state index is 12.5. The van der Waals surface area contributed by atoms with E-state index in [9.17, 15) is 23.1 Å². The molecule has 122 valence electrons. The number of alkyl halides is 3. The van der Waals surface area contributed by atoms with Gasteiger partial charge in [-0.2, -0.15) is 13.2 Å². The van der Waals surface area contributed by atoms with Gasteiger partial charge in [0, 0.05) is 25.1 Å². The third kappa shape index (κ3) is 5.57. The van der Waals surface area contributed by atoms with Crippen LogP contribution in [-0.2, 0) is 4.74 Å². The van der Waals surface area contributed by atoms with E-state index in [1.54, 1.807) is 20.8 Å². The van der Waals surface area contributed by atoms with Crippen LogP contribution in [-0.4, -0.2) is 46.6 Å². The number of hydrogen-bond donors (Lipinski definition) is 1. The van der Waals surface area contributed by atoms with Gasteiger partial charge in [0.1, 0.15) is 5.60 Å². The molecule has 0 saturated carbocycles. The molecule has 4 nitrogen and oxygen atoms in total. The number of amides is 1. The zero-order chi connectivity index (χ0) is 16.5. The second kappa shape index (κ2) is 5.87. The van der Waals surface area contributed by atoms with Crippen molar-refractivity contribution >= 4 is 6.09 Å². The van der Waals surface area contributed by atoms with Crippen molar-refractivity contribution in [3.05, 3.63) is 12.2 Å². The number of nitrogens with zero attached hydrogens (tertiary/aromatic N) is 1. The van der Waals surface area contributed by atoms with Crippen LogP contribution >= 0.6 is 0 Å². The molecule has 0 aromatic carbocycles. The Bertz CT molecular complexity index is 405. The zero-order valence-corrected chi connectivity index (χ0v) is 12.6. The van der Waals surface area contributed by atoms with E-state index in [0.29, 0.717) is 0 Å². The van der Waals surface area contributed by atoms with Gasteiger partial charge in [-0.3, -0.25) is 0 Å². The molecule has 1 aliphatic rings. The van der Waals surface area contributed by atoms with Gasteiger partial charge in [-0.15, -0.1) is 0 Å². The van der Waals surface area contributed by atoms with Crippen LogP contribution in [0.5, 0.6) is 0 Å². The number of rotatable bonds is 2. The molecule has 1 N–H and O–H groups in total. The van der Waals surface area contributed by atoms with E-state index in [1.165, 1.54) is 4.90 Å². The van der Waals surface area contributed by atoms with Crippen LogP contribution in [0.2, 0.25) is 0 Å². The topological polar surface area (TPSA) is 49.8 Å². The number of aliphatic hydroxyl groups is 1. The highest BCUT2D eigenvalue weighted by atomic mass is 19.4. The van der Waals surface area contributed by atoms with Crippen LogP contribution in [0, 0.1) is 0 Å². The van der Waals surface area contributed by atoms with E-state index in [2.05, 4.69) is 6.58 Å². The number of piperidine rings is 1. The molecule has 1 rings (SSSR count). The minimum atomic E-state index is -4.50. The Hall–Kier alpha value is -1.24. The Morgan fingerprint density at radius 2 is 1.76 bits per heavy atom. The third-order valence-corrected chi connectivity index (χ3v) is 3.29. The Balaban J connectivity index is 2.55. The highest BCUT2D eigenvalue weighted by Crippen LogP contribution is 2.35.